The van der Waals surface area contributed by atoms with Gasteiger partial charge in [-0.25, -0.2) is 9.78 Å². The average molecular weight is 372 g/mol. The molecule has 5 nitrogen and oxygen atoms in total. The Morgan fingerprint density at radius 1 is 1.27 bits per heavy atom. The summed E-state index contributed by atoms with van der Waals surface area (Å²) in [5.41, 5.74) is 2.17. The number of esters is 1. The maximum absolute atomic E-state index is 12.5. The molecule has 0 fully saturated rings. The molecule has 0 radical (unpaired) electrons. The van der Waals surface area contributed by atoms with Crippen LogP contribution in [-0.4, -0.2) is 22.1 Å². The Hall–Kier alpha value is -2.53. The SMILES string of the molecule is CCCOC(=O)c1cnc(Nc2cccc(Cl)c2)c2ccn(CCC)c12. The van der Waals surface area contributed by atoms with Crippen LogP contribution in [0.3, 0.4) is 0 Å². The molecule has 0 saturated heterocycles. The van der Waals surface area contributed by atoms with E-state index in [1.807, 2.05) is 43.5 Å². The number of ether oxygens (including phenoxy) is 1. The molecule has 0 bridgehead atoms. The topological polar surface area (TPSA) is 56.1 Å². The molecule has 0 aliphatic heterocycles. The second kappa shape index (κ2) is 8.23. The molecule has 0 amide bonds. The Bertz CT molecular complexity index is 921. The van der Waals surface area contributed by atoms with Crippen LogP contribution in [0.2, 0.25) is 5.02 Å². The predicted molar refractivity (Wildman–Crippen MR) is 105 cm³/mol. The molecule has 0 unspecified atom stereocenters. The number of anilines is 2. The van der Waals surface area contributed by atoms with Gasteiger partial charge in [-0.05, 0) is 37.1 Å². The van der Waals surface area contributed by atoms with Gasteiger partial charge in [-0.15, -0.1) is 0 Å². The lowest BCUT2D eigenvalue weighted by molar-refractivity contribution is 0.0506. The number of hydrogen-bond acceptors (Lipinski definition) is 4. The van der Waals surface area contributed by atoms with Crippen LogP contribution in [0.1, 0.15) is 37.0 Å². The summed E-state index contributed by atoms with van der Waals surface area (Å²) in [5, 5.41) is 4.82. The Labute approximate surface area is 157 Å². The predicted octanol–water partition coefficient (Wildman–Crippen LogP) is 5.41. The van der Waals surface area contributed by atoms with Crippen molar-refractivity contribution in [2.75, 3.05) is 11.9 Å². The molecule has 26 heavy (non-hydrogen) atoms. The van der Waals surface area contributed by atoms with Crippen LogP contribution >= 0.6 is 11.6 Å². The number of nitrogens with zero attached hydrogens (tertiary/aromatic N) is 2. The fourth-order valence-electron chi connectivity index (χ4n) is 2.88. The van der Waals surface area contributed by atoms with Crippen LogP contribution in [0.5, 0.6) is 0 Å². The molecule has 2 heterocycles. The Balaban J connectivity index is 2.05. The lowest BCUT2D eigenvalue weighted by Gasteiger charge is -2.12. The highest BCUT2D eigenvalue weighted by atomic mass is 35.5. The van der Waals surface area contributed by atoms with E-state index in [-0.39, 0.29) is 5.97 Å². The standard InChI is InChI=1S/C20H22ClN3O2/c1-3-9-24-10-8-16-18(24)17(20(25)26-11-4-2)13-22-19(16)23-15-7-5-6-14(21)12-15/h5-8,10,12-13H,3-4,9,11H2,1-2H3,(H,22,23). The average Bonchev–Trinajstić information content (AvgIpc) is 3.05. The van der Waals surface area contributed by atoms with E-state index in [0.29, 0.717) is 23.0 Å². The molecule has 3 aromatic rings. The van der Waals surface area contributed by atoms with Crippen molar-refractivity contribution in [3.8, 4) is 0 Å². The van der Waals surface area contributed by atoms with E-state index in [9.17, 15) is 4.79 Å². The van der Waals surface area contributed by atoms with Crippen LogP contribution in [0.4, 0.5) is 11.5 Å². The van der Waals surface area contributed by atoms with Crippen molar-refractivity contribution in [1.29, 1.82) is 0 Å². The largest absolute Gasteiger partial charge is 0.462 e. The second-order valence-electron chi connectivity index (χ2n) is 6.06. The summed E-state index contributed by atoms with van der Waals surface area (Å²) in [6.07, 6.45) is 5.31. The van der Waals surface area contributed by atoms with Gasteiger partial charge >= 0.3 is 5.97 Å². The number of halogens is 1. The summed E-state index contributed by atoms with van der Waals surface area (Å²) < 4.78 is 7.40. The summed E-state index contributed by atoms with van der Waals surface area (Å²) in [7, 11) is 0. The van der Waals surface area contributed by atoms with Gasteiger partial charge in [0.25, 0.3) is 0 Å². The molecule has 0 aliphatic carbocycles. The Morgan fingerprint density at radius 2 is 2.12 bits per heavy atom. The first-order chi connectivity index (χ1) is 12.6. The number of carbonyl (C=O) groups is 1. The highest BCUT2D eigenvalue weighted by molar-refractivity contribution is 6.30. The minimum atomic E-state index is -0.338. The smallest absolute Gasteiger partial charge is 0.341 e. The molecule has 2 aromatic heterocycles. The summed E-state index contributed by atoms with van der Waals surface area (Å²) in [4.78, 5) is 16.9. The number of rotatable bonds is 7. The molecular weight excluding hydrogens is 350 g/mol. The van der Waals surface area contributed by atoms with Crippen LogP contribution in [-0.2, 0) is 11.3 Å². The number of nitrogens with one attached hydrogen (secondary N) is 1. The third kappa shape index (κ3) is 3.83. The van der Waals surface area contributed by atoms with Crippen molar-refractivity contribution in [3.63, 3.8) is 0 Å². The van der Waals surface area contributed by atoms with Gasteiger partial charge < -0.3 is 14.6 Å². The van der Waals surface area contributed by atoms with Crippen molar-refractivity contribution >= 4 is 40.0 Å². The van der Waals surface area contributed by atoms with Crippen LogP contribution < -0.4 is 5.32 Å². The van der Waals surface area contributed by atoms with Gasteiger partial charge in [-0.2, -0.15) is 0 Å². The van der Waals surface area contributed by atoms with E-state index in [0.717, 1.165) is 36.0 Å². The third-order valence-electron chi connectivity index (χ3n) is 4.01. The van der Waals surface area contributed by atoms with Gasteiger partial charge in [0.15, 0.2) is 0 Å². The Morgan fingerprint density at radius 3 is 2.85 bits per heavy atom. The molecular formula is C20H22ClN3O2. The van der Waals surface area contributed by atoms with Crippen molar-refractivity contribution in [2.24, 2.45) is 0 Å². The number of hydrogen-bond donors (Lipinski definition) is 1. The molecule has 6 heteroatoms. The lowest BCUT2D eigenvalue weighted by atomic mass is 10.2. The van der Waals surface area contributed by atoms with Crippen LogP contribution in [0.15, 0.2) is 42.7 Å². The summed E-state index contributed by atoms with van der Waals surface area (Å²) >= 11 is 6.06. The fraction of sp³-hybridized carbons (Fsp3) is 0.300. The quantitative estimate of drug-likeness (QED) is 0.564. The number of aromatic nitrogens is 2. The third-order valence-corrected chi connectivity index (χ3v) is 4.24. The van der Waals surface area contributed by atoms with Gasteiger partial charge in [-0.1, -0.05) is 31.5 Å². The summed E-state index contributed by atoms with van der Waals surface area (Å²) in [5.74, 6) is 0.346. The number of aryl methyl sites for hydroxylation is 1. The molecule has 0 aliphatic rings. The zero-order valence-electron chi connectivity index (χ0n) is 15.0. The highest BCUT2D eigenvalue weighted by Gasteiger charge is 2.18. The minimum Gasteiger partial charge on any atom is -0.462 e. The summed E-state index contributed by atoms with van der Waals surface area (Å²) in [6, 6.07) is 9.43. The van der Waals surface area contributed by atoms with Crippen molar-refractivity contribution in [1.82, 2.24) is 9.55 Å². The van der Waals surface area contributed by atoms with Gasteiger partial charge in [0, 0.05) is 35.0 Å². The number of carbonyl (C=O) groups excluding carboxylic acids is 1. The Kier molecular flexibility index (Phi) is 5.78. The molecule has 0 saturated carbocycles. The zero-order valence-corrected chi connectivity index (χ0v) is 15.7. The van der Waals surface area contributed by atoms with E-state index in [1.165, 1.54) is 0 Å². The number of benzene rings is 1. The van der Waals surface area contributed by atoms with E-state index in [2.05, 4.69) is 21.8 Å². The molecule has 0 atom stereocenters. The van der Waals surface area contributed by atoms with Gasteiger partial charge in [0.1, 0.15) is 11.4 Å². The summed E-state index contributed by atoms with van der Waals surface area (Å²) in [6.45, 7) is 5.29. The van der Waals surface area contributed by atoms with E-state index >= 15 is 0 Å². The van der Waals surface area contributed by atoms with Crippen molar-refractivity contribution < 1.29 is 9.53 Å². The van der Waals surface area contributed by atoms with E-state index in [4.69, 9.17) is 16.3 Å². The van der Waals surface area contributed by atoms with Gasteiger partial charge in [-0.3, -0.25) is 0 Å². The maximum atomic E-state index is 12.5. The zero-order chi connectivity index (χ0) is 18.5. The highest BCUT2D eigenvalue weighted by Crippen LogP contribution is 2.29. The van der Waals surface area contributed by atoms with Crippen molar-refractivity contribution in [2.45, 2.75) is 33.2 Å². The minimum absolute atomic E-state index is 0.338. The first kappa shape index (κ1) is 18.3. The first-order valence-electron chi connectivity index (χ1n) is 8.81. The van der Waals surface area contributed by atoms with Crippen molar-refractivity contribution in [3.05, 3.63) is 53.3 Å². The van der Waals surface area contributed by atoms with Crippen LogP contribution in [0.25, 0.3) is 10.9 Å². The van der Waals surface area contributed by atoms with Gasteiger partial charge in [0.05, 0.1) is 12.1 Å². The maximum Gasteiger partial charge on any atom is 0.341 e. The normalized spacial score (nSPS) is 10.9. The fourth-order valence-corrected chi connectivity index (χ4v) is 3.07. The second-order valence-corrected chi connectivity index (χ2v) is 6.50. The van der Waals surface area contributed by atoms with Gasteiger partial charge in [0.2, 0.25) is 0 Å². The molecule has 0 spiro atoms. The molecule has 1 aromatic carbocycles. The monoisotopic (exact) mass is 371 g/mol. The van der Waals surface area contributed by atoms with E-state index < -0.39 is 0 Å². The number of fused-ring (bicyclic) bond motifs is 1. The van der Waals surface area contributed by atoms with Crippen LogP contribution in [0, 0.1) is 0 Å². The molecule has 3 rings (SSSR count). The number of pyridine rings is 1. The first-order valence-corrected chi connectivity index (χ1v) is 9.19. The lowest BCUT2D eigenvalue weighted by Crippen LogP contribution is -2.10. The molecule has 1 N–H and O–H groups in total. The molecule has 136 valence electrons. The van der Waals surface area contributed by atoms with E-state index in [1.54, 1.807) is 6.20 Å².